The molecule has 0 saturated heterocycles. The molecule has 0 aliphatic carbocycles. The number of imidazole rings is 1. The van der Waals surface area contributed by atoms with Gasteiger partial charge in [-0.3, -0.25) is 9.97 Å². The maximum absolute atomic E-state index is 5.45. The number of nitrogens with zero attached hydrogens (tertiary/aromatic N) is 4. The molecule has 7 nitrogen and oxygen atoms in total. The molecular weight excluding hydrogens is 424 g/mol. The molecule has 5 rings (SSSR count). The van der Waals surface area contributed by atoms with E-state index in [1.165, 1.54) is 5.56 Å². The van der Waals surface area contributed by atoms with Crippen molar-refractivity contribution >= 4 is 11.0 Å². The van der Waals surface area contributed by atoms with Gasteiger partial charge in [-0.15, -0.1) is 0 Å². The number of hydrogen-bond donors (Lipinski definition) is 2. The second kappa shape index (κ2) is 9.80. The molecule has 170 valence electrons. The van der Waals surface area contributed by atoms with Gasteiger partial charge in [-0.2, -0.15) is 0 Å². The molecule has 5 aromatic rings. The number of benzene rings is 1. The number of aromatic amines is 1. The Balaban J connectivity index is 1.41. The van der Waals surface area contributed by atoms with E-state index in [0.29, 0.717) is 6.54 Å². The number of H-pyrrole nitrogens is 1. The molecular formula is C27H26N6O. The van der Waals surface area contributed by atoms with Crippen molar-refractivity contribution in [3.8, 4) is 28.5 Å². The van der Waals surface area contributed by atoms with Gasteiger partial charge >= 0.3 is 0 Å². The molecule has 34 heavy (non-hydrogen) atoms. The standard InChI is InChI=1S/C27H26N6O/c1-18-7-5-9-22(30-18)26-27(23-13-12-20-21(31-23)10-6-15-29-20)33-25(32-26)17-28-16-14-19-8-3-4-11-24(19)34-2/h3-13,15,28H,14,16-17H2,1-2H3,(H,32,33). The smallest absolute Gasteiger partial charge is 0.122 e. The number of aromatic nitrogens is 5. The molecule has 0 fully saturated rings. The molecule has 0 saturated carbocycles. The first-order valence-corrected chi connectivity index (χ1v) is 11.3. The lowest BCUT2D eigenvalue weighted by Gasteiger charge is -2.08. The topological polar surface area (TPSA) is 88.6 Å². The third-order valence-corrected chi connectivity index (χ3v) is 5.65. The zero-order chi connectivity index (χ0) is 23.3. The van der Waals surface area contributed by atoms with E-state index in [1.54, 1.807) is 13.3 Å². The number of pyridine rings is 3. The van der Waals surface area contributed by atoms with Crippen LogP contribution in [0.15, 0.2) is 72.9 Å². The third-order valence-electron chi connectivity index (χ3n) is 5.65. The van der Waals surface area contributed by atoms with Gasteiger partial charge in [0.15, 0.2) is 0 Å². The molecule has 0 atom stereocenters. The van der Waals surface area contributed by atoms with Crippen molar-refractivity contribution in [2.45, 2.75) is 19.9 Å². The van der Waals surface area contributed by atoms with E-state index in [9.17, 15) is 0 Å². The Morgan fingerprint density at radius 1 is 0.853 bits per heavy atom. The third kappa shape index (κ3) is 4.65. The van der Waals surface area contributed by atoms with Gasteiger partial charge in [0.25, 0.3) is 0 Å². The van der Waals surface area contributed by atoms with Crippen LogP contribution in [0.5, 0.6) is 5.75 Å². The van der Waals surface area contributed by atoms with Crippen molar-refractivity contribution in [1.82, 2.24) is 30.2 Å². The highest BCUT2D eigenvalue weighted by molar-refractivity contribution is 5.81. The van der Waals surface area contributed by atoms with Crippen molar-refractivity contribution in [3.63, 3.8) is 0 Å². The van der Waals surface area contributed by atoms with Crippen LogP contribution >= 0.6 is 0 Å². The van der Waals surface area contributed by atoms with Gasteiger partial charge in [0.05, 0.1) is 41.8 Å². The van der Waals surface area contributed by atoms with Crippen LogP contribution in [0.1, 0.15) is 17.1 Å². The van der Waals surface area contributed by atoms with Gasteiger partial charge in [0, 0.05) is 11.9 Å². The second-order valence-electron chi connectivity index (χ2n) is 8.05. The average molecular weight is 451 g/mol. The zero-order valence-corrected chi connectivity index (χ0v) is 19.2. The first-order valence-electron chi connectivity index (χ1n) is 11.3. The number of para-hydroxylation sites is 1. The summed E-state index contributed by atoms with van der Waals surface area (Å²) in [6, 6.07) is 21.9. The number of rotatable bonds is 8. The van der Waals surface area contributed by atoms with E-state index in [2.05, 4.69) is 21.4 Å². The molecule has 4 aromatic heterocycles. The highest BCUT2D eigenvalue weighted by Crippen LogP contribution is 2.29. The molecule has 1 aromatic carbocycles. The van der Waals surface area contributed by atoms with E-state index < -0.39 is 0 Å². The fourth-order valence-corrected chi connectivity index (χ4v) is 3.99. The van der Waals surface area contributed by atoms with Crippen molar-refractivity contribution in [1.29, 1.82) is 0 Å². The van der Waals surface area contributed by atoms with E-state index in [-0.39, 0.29) is 0 Å². The van der Waals surface area contributed by atoms with E-state index in [1.807, 2.05) is 67.6 Å². The fourth-order valence-electron chi connectivity index (χ4n) is 3.99. The lowest BCUT2D eigenvalue weighted by molar-refractivity contribution is 0.409. The minimum atomic E-state index is 0.600. The van der Waals surface area contributed by atoms with E-state index in [4.69, 9.17) is 19.7 Å². The molecule has 7 heteroatoms. The van der Waals surface area contributed by atoms with Crippen molar-refractivity contribution in [2.75, 3.05) is 13.7 Å². The van der Waals surface area contributed by atoms with Crippen LogP contribution in [-0.4, -0.2) is 38.6 Å². The number of aryl methyl sites for hydroxylation is 1. The van der Waals surface area contributed by atoms with Crippen molar-refractivity contribution < 1.29 is 4.74 Å². The summed E-state index contributed by atoms with van der Waals surface area (Å²) in [5, 5.41) is 3.49. The molecule has 0 unspecified atom stereocenters. The average Bonchev–Trinajstić information content (AvgIpc) is 3.31. The zero-order valence-electron chi connectivity index (χ0n) is 19.2. The summed E-state index contributed by atoms with van der Waals surface area (Å²) in [4.78, 5) is 22.3. The summed E-state index contributed by atoms with van der Waals surface area (Å²) < 4.78 is 5.45. The lowest BCUT2D eigenvalue weighted by Crippen LogP contribution is -2.17. The number of hydrogen-bond acceptors (Lipinski definition) is 6. The Morgan fingerprint density at radius 3 is 2.65 bits per heavy atom. The first kappa shape index (κ1) is 21.7. The number of ether oxygens (including phenoxy) is 1. The maximum atomic E-state index is 5.45. The molecule has 2 N–H and O–H groups in total. The Labute approximate surface area is 198 Å². The molecule has 0 bridgehead atoms. The van der Waals surface area contributed by atoms with Gasteiger partial charge in [-0.1, -0.05) is 24.3 Å². The van der Waals surface area contributed by atoms with Gasteiger partial charge < -0.3 is 15.0 Å². The van der Waals surface area contributed by atoms with Gasteiger partial charge in [-0.25, -0.2) is 9.97 Å². The predicted molar refractivity (Wildman–Crippen MR) is 133 cm³/mol. The van der Waals surface area contributed by atoms with Crippen LogP contribution in [0.3, 0.4) is 0 Å². The predicted octanol–water partition coefficient (Wildman–Crippen LogP) is 4.73. The van der Waals surface area contributed by atoms with Crippen molar-refractivity contribution in [2.24, 2.45) is 0 Å². The van der Waals surface area contributed by atoms with Crippen LogP contribution in [0.2, 0.25) is 0 Å². The summed E-state index contributed by atoms with van der Waals surface area (Å²) in [6.07, 6.45) is 2.64. The van der Waals surface area contributed by atoms with Crippen LogP contribution in [0.4, 0.5) is 0 Å². The fraction of sp³-hybridized carbons (Fsp3) is 0.185. The van der Waals surface area contributed by atoms with Gasteiger partial charge in [-0.05, 0) is 67.9 Å². The summed E-state index contributed by atoms with van der Waals surface area (Å²) in [5.41, 5.74) is 7.10. The Bertz CT molecular complexity index is 1430. The van der Waals surface area contributed by atoms with Gasteiger partial charge in [0.2, 0.25) is 0 Å². The summed E-state index contributed by atoms with van der Waals surface area (Å²) in [5.74, 6) is 1.75. The van der Waals surface area contributed by atoms with Crippen LogP contribution in [-0.2, 0) is 13.0 Å². The molecule has 0 radical (unpaired) electrons. The second-order valence-corrected chi connectivity index (χ2v) is 8.05. The highest BCUT2D eigenvalue weighted by atomic mass is 16.5. The first-order chi connectivity index (χ1) is 16.7. The molecule has 0 aliphatic rings. The molecule has 0 aliphatic heterocycles. The van der Waals surface area contributed by atoms with Gasteiger partial charge in [0.1, 0.15) is 17.3 Å². The van der Waals surface area contributed by atoms with E-state index in [0.717, 1.165) is 64.0 Å². The number of methoxy groups -OCH3 is 1. The van der Waals surface area contributed by atoms with Crippen LogP contribution in [0.25, 0.3) is 33.8 Å². The number of nitrogens with one attached hydrogen (secondary N) is 2. The Morgan fingerprint density at radius 2 is 1.76 bits per heavy atom. The SMILES string of the molecule is COc1ccccc1CCNCc1nc(-c2cccc(C)n2)c(-c2ccc3ncccc3n2)[nH]1. The monoisotopic (exact) mass is 450 g/mol. The van der Waals surface area contributed by atoms with Crippen LogP contribution in [0, 0.1) is 6.92 Å². The minimum Gasteiger partial charge on any atom is -0.496 e. The Kier molecular flexibility index (Phi) is 6.27. The normalized spacial score (nSPS) is 11.1. The quantitative estimate of drug-likeness (QED) is 0.332. The number of fused-ring (bicyclic) bond motifs is 1. The molecule has 0 spiro atoms. The largest absolute Gasteiger partial charge is 0.496 e. The summed E-state index contributed by atoms with van der Waals surface area (Å²) >= 11 is 0. The lowest BCUT2D eigenvalue weighted by atomic mass is 10.1. The highest BCUT2D eigenvalue weighted by Gasteiger charge is 2.17. The van der Waals surface area contributed by atoms with E-state index >= 15 is 0 Å². The Hall–Kier alpha value is -4.10. The summed E-state index contributed by atoms with van der Waals surface area (Å²) in [6.45, 7) is 3.38. The minimum absolute atomic E-state index is 0.600. The molecule has 0 amide bonds. The maximum Gasteiger partial charge on any atom is 0.122 e. The summed E-state index contributed by atoms with van der Waals surface area (Å²) in [7, 11) is 1.70. The van der Waals surface area contributed by atoms with Crippen LogP contribution < -0.4 is 10.1 Å². The van der Waals surface area contributed by atoms with Crippen molar-refractivity contribution in [3.05, 3.63) is 90.0 Å². The molecule has 4 heterocycles.